The second-order valence-corrected chi connectivity index (χ2v) is 2.98. The van der Waals surface area contributed by atoms with E-state index in [-0.39, 0.29) is 6.42 Å². The molecule has 0 radical (unpaired) electrons. The minimum absolute atomic E-state index is 0.154. The first-order valence-electron chi connectivity index (χ1n) is 3.20. The summed E-state index contributed by atoms with van der Waals surface area (Å²) >= 11 is 2.30. The molecule has 0 aliphatic carbocycles. The summed E-state index contributed by atoms with van der Waals surface area (Å²) in [6, 6.07) is 0. The lowest BCUT2D eigenvalue weighted by molar-refractivity contribution is -0.136. The van der Waals surface area contributed by atoms with Crippen LogP contribution in [-0.2, 0) is 4.79 Å². The van der Waals surface area contributed by atoms with Crippen LogP contribution in [0.3, 0.4) is 0 Å². The molecule has 0 heterocycles. The molecule has 0 saturated carbocycles. The Bertz CT molecular complexity index is 121. The highest BCUT2D eigenvalue weighted by molar-refractivity contribution is 14.1. The van der Waals surface area contributed by atoms with Gasteiger partial charge < -0.3 is 5.11 Å². The van der Waals surface area contributed by atoms with Gasteiger partial charge >= 0.3 is 5.97 Å². The van der Waals surface area contributed by atoms with Gasteiger partial charge in [-0.15, -0.1) is 0 Å². The second-order valence-electron chi connectivity index (χ2n) is 1.90. The van der Waals surface area contributed by atoms with Crippen LogP contribution in [0.1, 0.15) is 19.3 Å². The zero-order valence-electron chi connectivity index (χ0n) is 5.72. The van der Waals surface area contributed by atoms with E-state index >= 15 is 0 Å². The van der Waals surface area contributed by atoms with Crippen LogP contribution in [0, 0.1) is 0 Å². The van der Waals surface area contributed by atoms with E-state index in [1.807, 2.05) is 6.08 Å². The molecule has 0 unspecified atom stereocenters. The molecule has 58 valence electrons. The van der Waals surface area contributed by atoms with Gasteiger partial charge in [0, 0.05) is 0 Å². The number of carboxylic acid groups (broad SMARTS) is 1. The van der Waals surface area contributed by atoms with Gasteiger partial charge in [-0.2, -0.15) is 0 Å². The molecule has 2 nitrogen and oxygen atoms in total. The Balaban J connectivity index is 3.12. The van der Waals surface area contributed by atoms with Gasteiger partial charge in [0.05, 0.1) is 6.42 Å². The van der Waals surface area contributed by atoms with E-state index < -0.39 is 5.97 Å². The molecule has 0 aromatic rings. The van der Waals surface area contributed by atoms with Crippen molar-refractivity contribution >= 4 is 28.6 Å². The predicted molar refractivity (Wildman–Crippen MR) is 49.5 cm³/mol. The largest absolute Gasteiger partial charge is 0.481 e. The standard InChI is InChI=1S/C7H11IO2/c8-6-4-2-1-3-5-7(9)10/h1,3H,2,4-6H2,(H,9,10)/b3-1+. The van der Waals surface area contributed by atoms with Crippen molar-refractivity contribution in [3.05, 3.63) is 12.2 Å². The summed E-state index contributed by atoms with van der Waals surface area (Å²) in [6.45, 7) is 0. The van der Waals surface area contributed by atoms with Crippen LogP contribution in [-0.4, -0.2) is 15.5 Å². The number of carbonyl (C=O) groups is 1. The Labute approximate surface area is 74.5 Å². The van der Waals surface area contributed by atoms with Crippen molar-refractivity contribution in [1.82, 2.24) is 0 Å². The number of unbranched alkanes of at least 4 members (excludes halogenated alkanes) is 1. The summed E-state index contributed by atoms with van der Waals surface area (Å²) < 4.78 is 1.13. The van der Waals surface area contributed by atoms with Crippen molar-refractivity contribution in [2.75, 3.05) is 4.43 Å². The first-order valence-corrected chi connectivity index (χ1v) is 4.72. The Kier molecular flexibility index (Phi) is 7.01. The fourth-order valence-corrected chi connectivity index (χ4v) is 0.937. The van der Waals surface area contributed by atoms with Gasteiger partial charge in [0.1, 0.15) is 0 Å². The third kappa shape index (κ3) is 7.94. The maximum atomic E-state index is 9.98. The third-order valence-electron chi connectivity index (χ3n) is 0.964. The molecule has 0 bridgehead atoms. The quantitative estimate of drug-likeness (QED) is 0.353. The highest BCUT2D eigenvalue weighted by atomic mass is 127. The monoisotopic (exact) mass is 254 g/mol. The van der Waals surface area contributed by atoms with E-state index in [1.54, 1.807) is 6.08 Å². The van der Waals surface area contributed by atoms with Gasteiger partial charge in [0.2, 0.25) is 0 Å². The van der Waals surface area contributed by atoms with Crippen molar-refractivity contribution in [3.8, 4) is 0 Å². The fraction of sp³-hybridized carbons (Fsp3) is 0.571. The number of aliphatic carboxylic acids is 1. The third-order valence-corrected chi connectivity index (χ3v) is 1.73. The van der Waals surface area contributed by atoms with Crippen LogP contribution in [0.4, 0.5) is 0 Å². The first-order chi connectivity index (χ1) is 4.77. The molecule has 3 heteroatoms. The minimum atomic E-state index is -0.759. The topological polar surface area (TPSA) is 37.3 Å². The van der Waals surface area contributed by atoms with Crippen LogP contribution >= 0.6 is 22.6 Å². The maximum Gasteiger partial charge on any atom is 0.307 e. The van der Waals surface area contributed by atoms with Crippen molar-refractivity contribution in [1.29, 1.82) is 0 Å². The van der Waals surface area contributed by atoms with E-state index in [0.29, 0.717) is 0 Å². The molecule has 0 aromatic carbocycles. The molecule has 1 N–H and O–H groups in total. The molecule has 0 aliphatic heterocycles. The molecular weight excluding hydrogens is 243 g/mol. The number of rotatable bonds is 5. The van der Waals surface area contributed by atoms with Crippen LogP contribution in [0.2, 0.25) is 0 Å². The Morgan fingerprint density at radius 2 is 2.20 bits per heavy atom. The number of allylic oxidation sites excluding steroid dienone is 1. The number of hydrogen-bond donors (Lipinski definition) is 1. The number of alkyl halides is 1. The molecule has 0 saturated heterocycles. The van der Waals surface area contributed by atoms with E-state index in [0.717, 1.165) is 17.3 Å². The van der Waals surface area contributed by atoms with E-state index in [9.17, 15) is 4.79 Å². The van der Waals surface area contributed by atoms with Crippen LogP contribution in [0.5, 0.6) is 0 Å². The molecule has 0 fully saturated rings. The lowest BCUT2D eigenvalue weighted by Gasteiger charge is -1.86. The lowest BCUT2D eigenvalue weighted by atomic mass is 10.3. The van der Waals surface area contributed by atoms with Crippen molar-refractivity contribution < 1.29 is 9.90 Å². The summed E-state index contributed by atoms with van der Waals surface area (Å²) in [5, 5.41) is 8.22. The van der Waals surface area contributed by atoms with Gasteiger partial charge in [-0.1, -0.05) is 34.7 Å². The molecular formula is C7H11IO2. The summed E-state index contributed by atoms with van der Waals surface area (Å²) in [5.41, 5.74) is 0. The van der Waals surface area contributed by atoms with Crippen LogP contribution in [0.15, 0.2) is 12.2 Å². The molecule has 0 amide bonds. The smallest absolute Gasteiger partial charge is 0.307 e. The highest BCUT2D eigenvalue weighted by Gasteiger charge is 1.87. The Hall–Kier alpha value is -0.0600. The SMILES string of the molecule is O=C(O)C/C=C/CCCI. The molecule has 0 rings (SSSR count). The Morgan fingerprint density at radius 1 is 1.50 bits per heavy atom. The number of hydrogen-bond acceptors (Lipinski definition) is 1. The van der Waals surface area contributed by atoms with Gasteiger partial charge in [-0.3, -0.25) is 4.79 Å². The molecule has 0 aromatic heterocycles. The molecule has 10 heavy (non-hydrogen) atoms. The van der Waals surface area contributed by atoms with Gasteiger partial charge in [0.25, 0.3) is 0 Å². The molecule has 0 aliphatic rings. The van der Waals surface area contributed by atoms with Gasteiger partial charge in [-0.05, 0) is 17.3 Å². The van der Waals surface area contributed by atoms with Crippen LogP contribution in [0.25, 0.3) is 0 Å². The number of halogens is 1. The van der Waals surface area contributed by atoms with Crippen molar-refractivity contribution in [2.45, 2.75) is 19.3 Å². The zero-order valence-corrected chi connectivity index (χ0v) is 7.87. The lowest BCUT2D eigenvalue weighted by Crippen LogP contribution is -1.89. The predicted octanol–water partition coefficient (Wildman–Crippen LogP) is 2.23. The molecule has 0 atom stereocenters. The minimum Gasteiger partial charge on any atom is -0.481 e. The second kappa shape index (κ2) is 7.05. The van der Waals surface area contributed by atoms with Crippen molar-refractivity contribution in [3.63, 3.8) is 0 Å². The highest BCUT2D eigenvalue weighted by Crippen LogP contribution is 1.96. The van der Waals surface area contributed by atoms with E-state index in [2.05, 4.69) is 22.6 Å². The first kappa shape index (κ1) is 9.94. The summed E-state index contributed by atoms with van der Waals surface area (Å²) in [7, 11) is 0. The van der Waals surface area contributed by atoms with E-state index in [1.165, 1.54) is 0 Å². The maximum absolute atomic E-state index is 9.98. The van der Waals surface area contributed by atoms with Gasteiger partial charge in [-0.25, -0.2) is 0 Å². The summed E-state index contributed by atoms with van der Waals surface area (Å²) in [5.74, 6) is -0.759. The molecule has 0 spiro atoms. The zero-order chi connectivity index (χ0) is 7.82. The normalized spacial score (nSPS) is 10.5. The summed E-state index contributed by atoms with van der Waals surface area (Å²) in [6.07, 6.45) is 5.91. The average Bonchev–Trinajstić information content (AvgIpc) is 1.87. The average molecular weight is 254 g/mol. The fourth-order valence-electron chi connectivity index (χ4n) is 0.497. The van der Waals surface area contributed by atoms with Crippen molar-refractivity contribution in [2.24, 2.45) is 0 Å². The number of carboxylic acids is 1. The van der Waals surface area contributed by atoms with E-state index in [4.69, 9.17) is 5.11 Å². The Morgan fingerprint density at radius 3 is 2.70 bits per heavy atom. The summed E-state index contributed by atoms with van der Waals surface area (Å²) in [4.78, 5) is 9.98. The van der Waals surface area contributed by atoms with Crippen LogP contribution < -0.4 is 0 Å². The van der Waals surface area contributed by atoms with Gasteiger partial charge in [0.15, 0.2) is 0 Å².